The Balaban J connectivity index is 1.49. The molecule has 1 aliphatic heterocycles. The smallest absolute Gasteiger partial charge is 0.00984 e. The fraction of sp³-hybridized carbons (Fsp3) is 0.684. The van der Waals surface area contributed by atoms with Gasteiger partial charge >= 0.3 is 0 Å². The lowest BCUT2D eigenvalue weighted by Gasteiger charge is -2.44. The molecule has 1 aromatic carbocycles. The summed E-state index contributed by atoms with van der Waals surface area (Å²) < 4.78 is 0. The van der Waals surface area contributed by atoms with Gasteiger partial charge < -0.3 is 5.32 Å². The molecule has 1 heterocycles. The fourth-order valence-corrected chi connectivity index (χ4v) is 5.06. The van der Waals surface area contributed by atoms with E-state index in [9.17, 15) is 0 Å². The van der Waals surface area contributed by atoms with Crippen LogP contribution in [0.4, 0.5) is 0 Å². The van der Waals surface area contributed by atoms with Gasteiger partial charge in [0, 0.05) is 12.6 Å². The summed E-state index contributed by atoms with van der Waals surface area (Å²) in [5, 5.41) is 3.93. The van der Waals surface area contributed by atoms with Crippen LogP contribution in [0.5, 0.6) is 0 Å². The summed E-state index contributed by atoms with van der Waals surface area (Å²) in [5.74, 6) is 2.71. The summed E-state index contributed by atoms with van der Waals surface area (Å²) in [6.45, 7) is 1.23. The lowest BCUT2D eigenvalue weighted by atomic mass is 9.68. The Kier molecular flexibility index (Phi) is 3.56. The quantitative estimate of drug-likeness (QED) is 0.802. The molecule has 3 unspecified atom stereocenters. The third kappa shape index (κ3) is 2.30. The van der Waals surface area contributed by atoms with E-state index in [0.29, 0.717) is 0 Å². The number of piperidine rings is 1. The zero-order chi connectivity index (χ0) is 13.4. The summed E-state index contributed by atoms with van der Waals surface area (Å²) >= 11 is 0. The van der Waals surface area contributed by atoms with Crippen LogP contribution in [0.15, 0.2) is 24.3 Å². The number of benzene rings is 1. The number of aryl methyl sites for hydroxylation is 1. The predicted molar refractivity (Wildman–Crippen MR) is 84.0 cm³/mol. The molecule has 1 nitrogen and oxygen atoms in total. The van der Waals surface area contributed by atoms with Gasteiger partial charge in [-0.25, -0.2) is 0 Å². The second-order valence-electron chi connectivity index (χ2n) is 7.25. The van der Waals surface area contributed by atoms with Gasteiger partial charge in [0.15, 0.2) is 0 Å². The van der Waals surface area contributed by atoms with Gasteiger partial charge in [-0.15, -0.1) is 0 Å². The molecule has 0 spiro atoms. The molecular formula is C19H27N. The third-order valence-electron chi connectivity index (χ3n) is 6.18. The molecule has 1 aromatic rings. The maximum atomic E-state index is 3.93. The van der Waals surface area contributed by atoms with E-state index < -0.39 is 0 Å². The van der Waals surface area contributed by atoms with E-state index in [1.165, 1.54) is 57.9 Å². The number of hydrogen-bond donors (Lipinski definition) is 1. The molecule has 20 heavy (non-hydrogen) atoms. The van der Waals surface area contributed by atoms with Crippen molar-refractivity contribution in [1.82, 2.24) is 5.32 Å². The molecule has 3 aliphatic rings. The van der Waals surface area contributed by atoms with Crippen molar-refractivity contribution in [3.63, 3.8) is 0 Å². The fourth-order valence-electron chi connectivity index (χ4n) is 5.06. The predicted octanol–water partition coefficient (Wildman–Crippen LogP) is 4.27. The van der Waals surface area contributed by atoms with Crippen molar-refractivity contribution in [2.24, 2.45) is 11.8 Å². The van der Waals surface area contributed by atoms with Crippen LogP contribution in [-0.2, 0) is 6.42 Å². The molecule has 0 bridgehead atoms. The monoisotopic (exact) mass is 269 g/mol. The Morgan fingerprint density at radius 1 is 0.900 bits per heavy atom. The van der Waals surface area contributed by atoms with Crippen molar-refractivity contribution in [2.45, 2.75) is 63.3 Å². The Labute approximate surface area is 123 Å². The highest BCUT2D eigenvalue weighted by Gasteiger charge is 2.37. The second kappa shape index (κ2) is 5.52. The van der Waals surface area contributed by atoms with Crippen molar-refractivity contribution >= 4 is 0 Å². The van der Waals surface area contributed by atoms with Crippen molar-refractivity contribution in [1.29, 1.82) is 0 Å². The van der Waals surface area contributed by atoms with E-state index in [2.05, 4.69) is 29.6 Å². The lowest BCUT2D eigenvalue weighted by Crippen LogP contribution is -2.48. The molecule has 4 rings (SSSR count). The molecule has 3 atom stereocenters. The molecule has 0 radical (unpaired) electrons. The molecule has 0 amide bonds. The number of fused-ring (bicyclic) bond motifs is 3. The van der Waals surface area contributed by atoms with Gasteiger partial charge in [-0.05, 0) is 61.0 Å². The van der Waals surface area contributed by atoms with Crippen LogP contribution in [0, 0.1) is 11.8 Å². The van der Waals surface area contributed by atoms with E-state index in [4.69, 9.17) is 0 Å². The van der Waals surface area contributed by atoms with E-state index >= 15 is 0 Å². The maximum Gasteiger partial charge on any atom is 0.00984 e. The van der Waals surface area contributed by atoms with Gasteiger partial charge in [0.2, 0.25) is 0 Å². The van der Waals surface area contributed by atoms with Crippen LogP contribution in [-0.4, -0.2) is 12.6 Å². The van der Waals surface area contributed by atoms with Gasteiger partial charge in [0.1, 0.15) is 0 Å². The highest BCUT2D eigenvalue weighted by Crippen LogP contribution is 2.42. The summed E-state index contributed by atoms with van der Waals surface area (Å²) in [5.41, 5.74) is 3.27. The first kappa shape index (κ1) is 12.9. The summed E-state index contributed by atoms with van der Waals surface area (Å²) in [7, 11) is 0. The van der Waals surface area contributed by atoms with Gasteiger partial charge in [-0.3, -0.25) is 0 Å². The van der Waals surface area contributed by atoms with Crippen LogP contribution in [0.25, 0.3) is 0 Å². The zero-order valence-electron chi connectivity index (χ0n) is 12.5. The highest BCUT2D eigenvalue weighted by molar-refractivity contribution is 5.34. The molecule has 1 N–H and O–H groups in total. The molecule has 1 saturated carbocycles. The van der Waals surface area contributed by atoms with Crippen LogP contribution < -0.4 is 5.32 Å². The van der Waals surface area contributed by atoms with E-state index in [1.54, 1.807) is 11.1 Å². The largest absolute Gasteiger partial charge is 0.313 e. The standard InChI is InChI=1S/C19H27N/c1-2-7-15(8-3-1)19-12-16-11-10-14-6-4-5-9-17(14)18(16)13-20-19/h4-6,9,15-16,18-20H,1-3,7-8,10-13H2. The van der Waals surface area contributed by atoms with Crippen molar-refractivity contribution in [3.05, 3.63) is 35.4 Å². The first-order chi connectivity index (χ1) is 9.92. The van der Waals surface area contributed by atoms with Gasteiger partial charge in [0.05, 0.1) is 0 Å². The minimum absolute atomic E-state index is 0.791. The van der Waals surface area contributed by atoms with Crippen LogP contribution in [0.2, 0.25) is 0 Å². The van der Waals surface area contributed by atoms with Crippen molar-refractivity contribution in [2.75, 3.05) is 6.54 Å². The first-order valence-electron chi connectivity index (χ1n) is 8.73. The molecule has 0 aromatic heterocycles. The van der Waals surface area contributed by atoms with Gasteiger partial charge in [-0.2, -0.15) is 0 Å². The molecule has 2 fully saturated rings. The minimum atomic E-state index is 0.791. The van der Waals surface area contributed by atoms with Crippen molar-refractivity contribution < 1.29 is 0 Å². The van der Waals surface area contributed by atoms with Gasteiger partial charge in [-0.1, -0.05) is 43.5 Å². The average molecular weight is 269 g/mol. The number of hydrogen-bond acceptors (Lipinski definition) is 1. The molecule has 108 valence electrons. The molecule has 1 heteroatoms. The van der Waals surface area contributed by atoms with Crippen molar-refractivity contribution in [3.8, 4) is 0 Å². The Bertz CT molecular complexity index is 461. The van der Waals surface area contributed by atoms with Gasteiger partial charge in [0.25, 0.3) is 0 Å². The van der Waals surface area contributed by atoms with E-state index in [0.717, 1.165) is 23.8 Å². The summed E-state index contributed by atoms with van der Waals surface area (Å²) in [6.07, 6.45) is 11.5. The normalized spacial score (nSPS) is 34.3. The number of nitrogens with one attached hydrogen (secondary N) is 1. The Morgan fingerprint density at radius 2 is 1.75 bits per heavy atom. The average Bonchev–Trinajstić information content (AvgIpc) is 2.55. The zero-order valence-corrected chi connectivity index (χ0v) is 12.5. The third-order valence-corrected chi connectivity index (χ3v) is 6.18. The SMILES string of the molecule is c1ccc2c(c1)CCC1CC(C3CCCCC3)NCC21. The summed E-state index contributed by atoms with van der Waals surface area (Å²) in [4.78, 5) is 0. The van der Waals surface area contributed by atoms with E-state index in [-0.39, 0.29) is 0 Å². The molecular weight excluding hydrogens is 242 g/mol. The molecule has 1 saturated heterocycles. The first-order valence-corrected chi connectivity index (χ1v) is 8.73. The number of rotatable bonds is 1. The topological polar surface area (TPSA) is 12.0 Å². The Morgan fingerprint density at radius 3 is 2.65 bits per heavy atom. The van der Waals surface area contributed by atoms with Crippen LogP contribution in [0.1, 0.15) is 62.0 Å². The Hall–Kier alpha value is -0.820. The maximum absolute atomic E-state index is 3.93. The highest BCUT2D eigenvalue weighted by atomic mass is 14.9. The summed E-state index contributed by atoms with van der Waals surface area (Å²) in [6, 6.07) is 9.99. The van der Waals surface area contributed by atoms with Crippen LogP contribution in [0.3, 0.4) is 0 Å². The molecule has 2 aliphatic carbocycles. The second-order valence-corrected chi connectivity index (χ2v) is 7.25. The van der Waals surface area contributed by atoms with Crippen LogP contribution >= 0.6 is 0 Å². The van der Waals surface area contributed by atoms with E-state index in [1.807, 2.05) is 0 Å². The lowest BCUT2D eigenvalue weighted by molar-refractivity contribution is 0.168. The minimum Gasteiger partial charge on any atom is -0.313 e.